The van der Waals surface area contributed by atoms with E-state index in [1.807, 2.05) is 66.8 Å². The number of likely N-dealkylation sites (N-methyl/N-ethyl adjacent to an activating group) is 1. The highest BCUT2D eigenvalue weighted by Crippen LogP contribution is 2.31. The summed E-state index contributed by atoms with van der Waals surface area (Å²) in [6.45, 7) is 17.2. The van der Waals surface area contributed by atoms with Crippen LogP contribution in [0.1, 0.15) is 92.6 Å². The third-order valence-electron chi connectivity index (χ3n) is 5.31. The number of allylic oxidation sites excluding steroid dienone is 2. The molecule has 0 amide bonds. The van der Waals surface area contributed by atoms with E-state index in [2.05, 4.69) is 42.5 Å². The van der Waals surface area contributed by atoms with Crippen molar-refractivity contribution in [3.63, 3.8) is 0 Å². The van der Waals surface area contributed by atoms with E-state index in [4.69, 9.17) is 38.8 Å². The summed E-state index contributed by atoms with van der Waals surface area (Å²) in [6.07, 6.45) is 9.60. The quantitative estimate of drug-likeness (QED) is 0.0703. The van der Waals surface area contributed by atoms with Crippen molar-refractivity contribution in [3.05, 3.63) is 64.0 Å². The number of hydrogen-bond donors (Lipinski definition) is 5. The lowest BCUT2D eigenvalue weighted by atomic mass is 9.93. The first-order valence-electron chi connectivity index (χ1n) is 14.9. The van der Waals surface area contributed by atoms with Crippen molar-refractivity contribution in [1.29, 1.82) is 0 Å². The molecule has 0 bridgehead atoms. The number of rotatable bonds is 11. The minimum absolute atomic E-state index is 0.0816. The van der Waals surface area contributed by atoms with Gasteiger partial charge in [0.25, 0.3) is 6.47 Å². The predicted octanol–water partition coefficient (Wildman–Crippen LogP) is 9.79. The van der Waals surface area contributed by atoms with Crippen molar-refractivity contribution >= 4 is 35.4 Å². The zero-order valence-corrected chi connectivity index (χ0v) is 29.1. The van der Waals surface area contributed by atoms with E-state index in [-0.39, 0.29) is 18.0 Å². The summed E-state index contributed by atoms with van der Waals surface area (Å²) in [5.74, 6) is 0. The molecule has 43 heavy (non-hydrogen) atoms. The fourth-order valence-corrected chi connectivity index (χ4v) is 4.06. The van der Waals surface area contributed by atoms with E-state index in [1.54, 1.807) is 0 Å². The molecule has 11 heteroatoms. The second-order valence-corrected chi connectivity index (χ2v) is 9.65. The van der Waals surface area contributed by atoms with Gasteiger partial charge in [-0.3, -0.25) is 4.79 Å². The summed E-state index contributed by atoms with van der Waals surface area (Å²) in [7, 11) is 1.86. The topological polar surface area (TPSA) is 99.4 Å². The Bertz CT molecular complexity index is 893. The van der Waals surface area contributed by atoms with E-state index >= 15 is 0 Å². The van der Waals surface area contributed by atoms with Gasteiger partial charge in [-0.05, 0) is 55.2 Å². The number of unbranched alkanes of at least 4 members (excludes halogenated alkanes) is 4. The number of carboxylic acid groups (broad SMARTS) is 1. The number of nitrogens with two attached hydrogens (primary N) is 1. The smallest absolute Gasteiger partial charge is 0.379 e. The maximum atomic E-state index is 9.67. The van der Waals surface area contributed by atoms with Crippen LogP contribution in [0.3, 0.4) is 0 Å². The second kappa shape index (κ2) is 32.6. The Balaban J connectivity index is -0.000000348. The SMILES string of the molecule is C=C(NC)C1=C(NC(C)N)C(CNc2ccc(Cl)cc2C)=CC(Cl)C1.CC.CC.CCCCCCC.FC(F)F.O=CO. The number of nitrogens with one attached hydrogen (secondary N) is 3. The van der Waals surface area contributed by atoms with Crippen molar-refractivity contribution in [1.82, 2.24) is 10.6 Å². The zero-order chi connectivity index (χ0) is 34.4. The lowest BCUT2D eigenvalue weighted by Gasteiger charge is -2.28. The molecule has 1 aromatic carbocycles. The first-order valence-corrected chi connectivity index (χ1v) is 15.7. The van der Waals surface area contributed by atoms with Gasteiger partial charge in [-0.1, -0.05) is 97.9 Å². The molecule has 6 N–H and O–H groups in total. The first-order chi connectivity index (χ1) is 20.4. The maximum Gasteiger partial charge on any atom is 0.379 e. The fourth-order valence-electron chi connectivity index (χ4n) is 3.52. The number of alkyl halides is 4. The summed E-state index contributed by atoms with van der Waals surface area (Å²) in [6, 6.07) is 5.80. The average molecular weight is 658 g/mol. The summed E-state index contributed by atoms with van der Waals surface area (Å²) in [5.41, 5.74) is 12.1. The number of halogens is 5. The van der Waals surface area contributed by atoms with Gasteiger partial charge in [-0.25, -0.2) is 0 Å². The van der Waals surface area contributed by atoms with Crippen LogP contribution in [0, 0.1) is 6.92 Å². The summed E-state index contributed by atoms with van der Waals surface area (Å²) in [4.78, 5) is 8.36. The van der Waals surface area contributed by atoms with E-state index in [9.17, 15) is 13.2 Å². The van der Waals surface area contributed by atoms with E-state index in [0.717, 1.165) is 38.8 Å². The molecule has 6 nitrogen and oxygen atoms in total. The Morgan fingerprint density at radius 2 is 1.63 bits per heavy atom. The normalized spacial score (nSPS) is 13.7. The van der Waals surface area contributed by atoms with Crippen molar-refractivity contribution in [2.45, 2.75) is 112 Å². The van der Waals surface area contributed by atoms with Crippen LogP contribution in [-0.2, 0) is 4.79 Å². The van der Waals surface area contributed by atoms with E-state index in [0.29, 0.717) is 13.0 Å². The minimum atomic E-state index is -3.67. The molecule has 0 aliphatic heterocycles. The lowest BCUT2D eigenvalue weighted by Crippen LogP contribution is -2.37. The lowest BCUT2D eigenvalue weighted by molar-refractivity contribution is -0.122. The molecule has 1 aliphatic rings. The molecule has 1 aliphatic carbocycles. The number of hydrogen-bond acceptors (Lipinski definition) is 5. The molecule has 0 radical (unpaired) electrons. The molecule has 0 saturated heterocycles. The van der Waals surface area contributed by atoms with Gasteiger partial charge < -0.3 is 26.8 Å². The van der Waals surface area contributed by atoms with Gasteiger partial charge in [0.05, 0.1) is 11.5 Å². The Morgan fingerprint density at radius 1 is 1.14 bits per heavy atom. The van der Waals surface area contributed by atoms with E-state index < -0.39 is 6.68 Å². The van der Waals surface area contributed by atoms with Gasteiger partial charge in [-0.15, -0.1) is 11.6 Å². The Labute approximate surface area is 269 Å². The van der Waals surface area contributed by atoms with Gasteiger partial charge in [-0.2, -0.15) is 13.2 Å². The van der Waals surface area contributed by atoms with Crippen molar-refractivity contribution in [3.8, 4) is 0 Å². The zero-order valence-electron chi connectivity index (χ0n) is 27.6. The van der Waals surface area contributed by atoms with Gasteiger partial charge >= 0.3 is 6.68 Å². The van der Waals surface area contributed by atoms with Crippen LogP contribution in [0.2, 0.25) is 5.02 Å². The van der Waals surface area contributed by atoms with Crippen molar-refractivity contribution in [2.75, 3.05) is 18.9 Å². The Hall–Kier alpha value is -2.36. The summed E-state index contributed by atoms with van der Waals surface area (Å²) < 4.78 is 29.0. The van der Waals surface area contributed by atoms with Gasteiger partial charge in [0, 0.05) is 35.7 Å². The number of anilines is 1. The molecule has 252 valence electrons. The number of carbonyl (C=O) groups is 1. The Morgan fingerprint density at radius 3 is 2.02 bits per heavy atom. The summed E-state index contributed by atoms with van der Waals surface area (Å²) in [5, 5.41) is 17.5. The van der Waals surface area contributed by atoms with Gasteiger partial charge in [0.15, 0.2) is 0 Å². The van der Waals surface area contributed by atoms with Crippen LogP contribution < -0.4 is 21.7 Å². The monoisotopic (exact) mass is 656 g/mol. The third-order valence-corrected chi connectivity index (χ3v) is 5.82. The first kappa shape index (κ1) is 47.6. The highest BCUT2D eigenvalue weighted by atomic mass is 35.5. The van der Waals surface area contributed by atoms with Gasteiger partial charge in [0.1, 0.15) is 0 Å². The molecular formula is C32H57Cl2F3N4O2. The highest BCUT2D eigenvalue weighted by molar-refractivity contribution is 6.30. The minimum Gasteiger partial charge on any atom is -0.483 e. The molecule has 2 rings (SSSR count). The number of benzene rings is 1. The molecule has 0 fully saturated rings. The molecule has 0 saturated carbocycles. The van der Waals surface area contributed by atoms with Crippen LogP contribution >= 0.6 is 23.2 Å². The average Bonchev–Trinajstić information content (AvgIpc) is 2.96. The van der Waals surface area contributed by atoms with Crippen LogP contribution in [0.25, 0.3) is 0 Å². The molecular weight excluding hydrogens is 600 g/mol. The summed E-state index contributed by atoms with van der Waals surface area (Å²) >= 11 is 12.5. The largest absolute Gasteiger partial charge is 0.483 e. The van der Waals surface area contributed by atoms with Crippen LogP contribution in [0.15, 0.2) is 53.4 Å². The molecule has 0 spiro atoms. The van der Waals surface area contributed by atoms with Gasteiger partial charge in [0.2, 0.25) is 0 Å². The molecule has 0 heterocycles. The molecule has 2 atom stereocenters. The second-order valence-electron chi connectivity index (χ2n) is 8.65. The molecule has 2 unspecified atom stereocenters. The Kier molecular flexibility index (Phi) is 36.0. The third kappa shape index (κ3) is 27.0. The number of aryl methyl sites for hydroxylation is 1. The van der Waals surface area contributed by atoms with Crippen molar-refractivity contribution in [2.24, 2.45) is 5.73 Å². The van der Waals surface area contributed by atoms with E-state index in [1.165, 1.54) is 32.1 Å². The standard InChI is InChI=1S/C19H26Cl2N4.C7H16.2C2H6.CHF3.CH2O2/c1-11-7-15(20)5-6-18(11)24-10-14-8-16(21)9-17(12(2)23-4)19(14)25-13(3)22;1-3-5-7-6-4-2;2*1-2;2-1(3)4;2-1-3/h5-8,13,16,23-25H,2,9-10,22H2,1,3-4H3;3-7H2,1-2H3;2*1-2H3;1H;1H,(H,2,3). The predicted molar refractivity (Wildman–Crippen MR) is 182 cm³/mol. The van der Waals surface area contributed by atoms with Crippen molar-refractivity contribution < 1.29 is 23.1 Å². The maximum absolute atomic E-state index is 9.67. The van der Waals surface area contributed by atoms with Crippen LogP contribution in [0.5, 0.6) is 0 Å². The molecule has 1 aromatic rings. The molecule has 0 aromatic heterocycles. The fraction of sp³-hybridized carbons (Fsp3) is 0.594. The van der Waals surface area contributed by atoms with Crippen LogP contribution in [0.4, 0.5) is 18.9 Å². The van der Waals surface area contributed by atoms with Crippen LogP contribution in [-0.4, -0.2) is 43.4 Å². The highest BCUT2D eigenvalue weighted by Gasteiger charge is 2.23.